The quantitative estimate of drug-likeness (QED) is 0.929. The lowest BCUT2D eigenvalue weighted by Crippen LogP contribution is -2.34. The van der Waals surface area contributed by atoms with Crippen LogP contribution < -0.4 is 5.32 Å². The van der Waals surface area contributed by atoms with Crippen LogP contribution in [0, 0.1) is 11.8 Å². The largest absolute Gasteiger partial charge is 0.350 e. The Hall–Kier alpha value is -0.900. The minimum atomic E-state index is -0.0831. The predicted molar refractivity (Wildman–Crippen MR) is 75.4 cm³/mol. The van der Waals surface area contributed by atoms with E-state index in [1.165, 1.54) is 25.7 Å². The second-order valence-corrected chi connectivity index (χ2v) is 5.92. The summed E-state index contributed by atoms with van der Waals surface area (Å²) in [5, 5.41) is 3.01. The van der Waals surface area contributed by atoms with Crippen LogP contribution in [0.2, 0.25) is 0 Å². The Morgan fingerprint density at radius 3 is 3.00 bits per heavy atom. The van der Waals surface area contributed by atoms with Crippen molar-refractivity contribution in [3.05, 3.63) is 28.5 Å². The summed E-state index contributed by atoms with van der Waals surface area (Å²) in [5.41, 5.74) is 0.473. The van der Waals surface area contributed by atoms with Gasteiger partial charge in [-0.2, -0.15) is 0 Å². The molecule has 3 nitrogen and oxygen atoms in total. The number of pyridine rings is 1. The van der Waals surface area contributed by atoms with Crippen molar-refractivity contribution >= 4 is 21.8 Å². The number of rotatable bonds is 3. The first-order chi connectivity index (χ1) is 8.68. The minimum absolute atomic E-state index is 0.0831. The molecule has 1 N–H and O–H groups in total. The van der Waals surface area contributed by atoms with E-state index in [2.05, 4.69) is 33.2 Å². The van der Waals surface area contributed by atoms with Crippen LogP contribution in [0.1, 0.15) is 43.1 Å². The van der Waals surface area contributed by atoms with Gasteiger partial charge in [-0.25, -0.2) is 4.98 Å². The van der Waals surface area contributed by atoms with Gasteiger partial charge >= 0.3 is 0 Å². The highest BCUT2D eigenvalue weighted by Gasteiger charge is 2.22. The highest BCUT2D eigenvalue weighted by Crippen LogP contribution is 2.28. The maximum Gasteiger partial charge on any atom is 0.271 e. The number of amides is 1. The van der Waals surface area contributed by atoms with Crippen molar-refractivity contribution in [2.24, 2.45) is 11.8 Å². The van der Waals surface area contributed by atoms with Crippen LogP contribution in [0.15, 0.2) is 22.8 Å². The summed E-state index contributed by atoms with van der Waals surface area (Å²) >= 11 is 3.35. The summed E-state index contributed by atoms with van der Waals surface area (Å²) in [4.78, 5) is 16.1. The number of nitrogens with zero attached hydrogens (tertiary/aromatic N) is 1. The molecule has 2 atom stereocenters. The van der Waals surface area contributed by atoms with Gasteiger partial charge in [-0.3, -0.25) is 4.79 Å². The molecule has 98 valence electrons. The number of halogens is 1. The van der Waals surface area contributed by atoms with Gasteiger partial charge in [0.1, 0.15) is 5.69 Å². The molecule has 0 bridgehead atoms. The van der Waals surface area contributed by atoms with Crippen LogP contribution in [0.5, 0.6) is 0 Å². The van der Waals surface area contributed by atoms with E-state index >= 15 is 0 Å². The Bertz CT molecular complexity index is 422. The number of carbonyl (C=O) groups is 1. The Labute approximate surface area is 117 Å². The monoisotopic (exact) mass is 310 g/mol. The van der Waals surface area contributed by atoms with Gasteiger partial charge in [-0.05, 0) is 46.3 Å². The number of carbonyl (C=O) groups excluding carboxylic acids is 1. The summed E-state index contributed by atoms with van der Waals surface area (Å²) in [6, 6.07) is 3.65. The second kappa shape index (κ2) is 6.32. The molecule has 0 aromatic carbocycles. The SMILES string of the molecule is CC1CCCCC1CNC(=O)c1ncccc1Br. The third-order valence-corrected chi connectivity index (χ3v) is 4.43. The maximum absolute atomic E-state index is 12.0. The molecular formula is C14H19BrN2O. The van der Waals surface area contributed by atoms with E-state index in [4.69, 9.17) is 0 Å². The van der Waals surface area contributed by atoms with Crippen molar-refractivity contribution in [1.82, 2.24) is 10.3 Å². The zero-order chi connectivity index (χ0) is 13.0. The molecule has 18 heavy (non-hydrogen) atoms. The molecule has 1 aromatic rings. The van der Waals surface area contributed by atoms with Crippen molar-refractivity contribution in [1.29, 1.82) is 0 Å². The smallest absolute Gasteiger partial charge is 0.271 e. The lowest BCUT2D eigenvalue weighted by atomic mass is 9.80. The topological polar surface area (TPSA) is 42.0 Å². The Morgan fingerprint density at radius 2 is 2.28 bits per heavy atom. The maximum atomic E-state index is 12.0. The molecule has 2 rings (SSSR count). The first-order valence-electron chi connectivity index (χ1n) is 6.57. The first-order valence-corrected chi connectivity index (χ1v) is 7.36. The van der Waals surface area contributed by atoms with E-state index in [-0.39, 0.29) is 5.91 Å². The van der Waals surface area contributed by atoms with E-state index in [1.54, 1.807) is 6.20 Å². The normalized spacial score (nSPS) is 23.7. The van der Waals surface area contributed by atoms with Crippen molar-refractivity contribution in [2.45, 2.75) is 32.6 Å². The van der Waals surface area contributed by atoms with Gasteiger partial charge in [-0.1, -0.05) is 26.2 Å². The average molecular weight is 311 g/mol. The van der Waals surface area contributed by atoms with Crippen LogP contribution in [0.3, 0.4) is 0 Å². The Kier molecular flexibility index (Phi) is 4.75. The summed E-state index contributed by atoms with van der Waals surface area (Å²) in [7, 11) is 0. The average Bonchev–Trinajstić information content (AvgIpc) is 2.38. The van der Waals surface area contributed by atoms with Crippen LogP contribution in [0.25, 0.3) is 0 Å². The summed E-state index contributed by atoms with van der Waals surface area (Å²) in [5.74, 6) is 1.25. The molecule has 1 aromatic heterocycles. The summed E-state index contributed by atoms with van der Waals surface area (Å²) < 4.78 is 0.749. The van der Waals surface area contributed by atoms with Gasteiger partial charge in [0.05, 0.1) is 0 Å². The lowest BCUT2D eigenvalue weighted by molar-refractivity contribution is 0.0930. The minimum Gasteiger partial charge on any atom is -0.350 e. The van der Waals surface area contributed by atoms with Crippen molar-refractivity contribution in [3.63, 3.8) is 0 Å². The molecule has 0 radical (unpaired) electrons. The second-order valence-electron chi connectivity index (χ2n) is 5.07. The predicted octanol–water partition coefficient (Wildman–Crippen LogP) is 3.40. The molecule has 0 aliphatic heterocycles. The summed E-state index contributed by atoms with van der Waals surface area (Å²) in [6.45, 7) is 3.05. The highest BCUT2D eigenvalue weighted by molar-refractivity contribution is 9.10. The number of hydrogen-bond donors (Lipinski definition) is 1. The molecule has 0 spiro atoms. The van der Waals surface area contributed by atoms with Crippen LogP contribution in [-0.4, -0.2) is 17.4 Å². The fourth-order valence-electron chi connectivity index (χ4n) is 2.56. The van der Waals surface area contributed by atoms with Crippen molar-refractivity contribution < 1.29 is 4.79 Å². The standard InChI is InChI=1S/C14H19BrN2O/c1-10-5-2-3-6-11(10)9-17-14(18)13-12(15)7-4-8-16-13/h4,7-8,10-11H,2-3,5-6,9H2,1H3,(H,17,18). The van der Waals surface area contributed by atoms with E-state index in [0.717, 1.165) is 11.0 Å². The van der Waals surface area contributed by atoms with Gasteiger partial charge in [0.25, 0.3) is 5.91 Å². The van der Waals surface area contributed by atoms with E-state index in [0.29, 0.717) is 17.5 Å². The lowest BCUT2D eigenvalue weighted by Gasteiger charge is -2.28. The van der Waals surface area contributed by atoms with Gasteiger partial charge < -0.3 is 5.32 Å². The number of hydrogen-bond acceptors (Lipinski definition) is 2. The molecule has 0 saturated heterocycles. The number of nitrogens with one attached hydrogen (secondary N) is 1. The molecular weight excluding hydrogens is 292 g/mol. The van der Waals surface area contributed by atoms with Crippen molar-refractivity contribution in [3.8, 4) is 0 Å². The van der Waals surface area contributed by atoms with E-state index in [1.807, 2.05) is 12.1 Å². The molecule has 1 aliphatic rings. The Morgan fingerprint density at radius 1 is 1.50 bits per heavy atom. The zero-order valence-electron chi connectivity index (χ0n) is 10.7. The van der Waals surface area contributed by atoms with Crippen LogP contribution in [0.4, 0.5) is 0 Å². The molecule has 1 aliphatic carbocycles. The van der Waals surface area contributed by atoms with Crippen LogP contribution >= 0.6 is 15.9 Å². The highest BCUT2D eigenvalue weighted by atomic mass is 79.9. The summed E-state index contributed by atoms with van der Waals surface area (Å²) in [6.07, 6.45) is 6.77. The van der Waals surface area contributed by atoms with Gasteiger partial charge in [0.15, 0.2) is 0 Å². The van der Waals surface area contributed by atoms with Gasteiger partial charge in [0, 0.05) is 17.2 Å². The molecule has 1 fully saturated rings. The molecule has 1 amide bonds. The third kappa shape index (κ3) is 3.31. The first kappa shape index (κ1) is 13.5. The molecule has 1 heterocycles. The van der Waals surface area contributed by atoms with E-state index < -0.39 is 0 Å². The van der Waals surface area contributed by atoms with E-state index in [9.17, 15) is 4.79 Å². The van der Waals surface area contributed by atoms with Crippen LogP contribution in [-0.2, 0) is 0 Å². The zero-order valence-corrected chi connectivity index (χ0v) is 12.2. The van der Waals surface area contributed by atoms with Crippen molar-refractivity contribution in [2.75, 3.05) is 6.54 Å². The molecule has 1 saturated carbocycles. The third-order valence-electron chi connectivity index (χ3n) is 3.79. The van der Waals surface area contributed by atoms with Gasteiger partial charge in [-0.15, -0.1) is 0 Å². The molecule has 2 unspecified atom stereocenters. The fraction of sp³-hybridized carbons (Fsp3) is 0.571. The van der Waals surface area contributed by atoms with Gasteiger partial charge in [0.2, 0.25) is 0 Å². The fourth-order valence-corrected chi connectivity index (χ4v) is 2.99. The number of aromatic nitrogens is 1. The molecule has 4 heteroatoms. The Balaban J connectivity index is 1.90.